The lowest BCUT2D eigenvalue weighted by molar-refractivity contribution is -0.149. The first-order valence-corrected chi connectivity index (χ1v) is 9.24. The van der Waals surface area contributed by atoms with Crippen molar-refractivity contribution in [2.45, 2.75) is 25.9 Å². The second-order valence-electron chi connectivity index (χ2n) is 7.07. The highest BCUT2D eigenvalue weighted by Crippen LogP contribution is 2.31. The van der Waals surface area contributed by atoms with Crippen LogP contribution in [0.2, 0.25) is 0 Å². The first-order valence-electron chi connectivity index (χ1n) is 9.24. The van der Waals surface area contributed by atoms with E-state index in [2.05, 4.69) is 5.32 Å². The number of alkyl halides is 3. The molecule has 0 aliphatic carbocycles. The Hall–Kier alpha value is -2.54. The zero-order valence-corrected chi connectivity index (χ0v) is 15.6. The lowest BCUT2D eigenvalue weighted by atomic mass is 9.95. The molecule has 0 aromatic heterocycles. The third-order valence-electron chi connectivity index (χ3n) is 4.72. The number of hydrogen-bond acceptors (Lipinski definition) is 3. The topological polar surface area (TPSA) is 41.6 Å². The van der Waals surface area contributed by atoms with E-state index < -0.39 is 12.7 Å². The highest BCUT2D eigenvalue weighted by molar-refractivity contribution is 5.94. The molecule has 2 aromatic carbocycles. The van der Waals surface area contributed by atoms with Crippen LogP contribution in [0, 0.1) is 12.8 Å². The molecule has 0 bridgehead atoms. The van der Waals surface area contributed by atoms with Crippen molar-refractivity contribution in [1.29, 1.82) is 0 Å². The Labute approximate surface area is 162 Å². The van der Waals surface area contributed by atoms with Gasteiger partial charge in [0.05, 0.1) is 12.2 Å². The Kier molecular flexibility index (Phi) is 6.24. The van der Waals surface area contributed by atoms with Crippen LogP contribution in [0.5, 0.6) is 11.5 Å². The van der Waals surface area contributed by atoms with Crippen LogP contribution in [0.25, 0.3) is 0 Å². The van der Waals surface area contributed by atoms with E-state index in [0.29, 0.717) is 30.0 Å². The molecule has 2 aromatic rings. The maximum absolute atomic E-state index is 12.6. The molecular formula is C21H23F3N2O2. The Morgan fingerprint density at radius 2 is 1.86 bits per heavy atom. The summed E-state index contributed by atoms with van der Waals surface area (Å²) in [6.07, 6.45) is -3.40. The Bertz CT molecular complexity index is 815. The van der Waals surface area contributed by atoms with E-state index in [9.17, 15) is 18.0 Å². The number of nitrogens with zero attached hydrogens (tertiary/aromatic N) is 1. The van der Waals surface area contributed by atoms with Gasteiger partial charge in [0.1, 0.15) is 5.75 Å². The smallest absolute Gasteiger partial charge is 0.401 e. The van der Waals surface area contributed by atoms with Gasteiger partial charge in [-0.15, -0.1) is 0 Å². The van der Waals surface area contributed by atoms with Crippen molar-refractivity contribution >= 4 is 11.6 Å². The number of para-hydroxylation sites is 2. The van der Waals surface area contributed by atoms with Crippen LogP contribution in [0.4, 0.5) is 18.9 Å². The number of amides is 1. The number of piperidine rings is 1. The molecule has 1 fully saturated rings. The molecule has 7 heteroatoms. The molecule has 1 saturated heterocycles. The summed E-state index contributed by atoms with van der Waals surface area (Å²) in [5.74, 6) is 0.696. The summed E-state index contributed by atoms with van der Waals surface area (Å²) in [4.78, 5) is 14.0. The molecule has 0 saturated carbocycles. The van der Waals surface area contributed by atoms with E-state index >= 15 is 0 Å². The van der Waals surface area contributed by atoms with Crippen LogP contribution in [-0.4, -0.2) is 36.6 Å². The normalized spacial score (nSPS) is 16.0. The lowest BCUT2D eigenvalue weighted by Gasteiger charge is -2.31. The van der Waals surface area contributed by atoms with Crippen LogP contribution in [-0.2, 0) is 4.79 Å². The minimum absolute atomic E-state index is 0.188. The number of rotatable bonds is 5. The summed E-state index contributed by atoms with van der Waals surface area (Å²) in [7, 11) is 0. The Balaban J connectivity index is 1.61. The average molecular weight is 392 g/mol. The van der Waals surface area contributed by atoms with E-state index in [1.54, 1.807) is 18.2 Å². The van der Waals surface area contributed by atoms with Crippen molar-refractivity contribution in [3.63, 3.8) is 0 Å². The molecule has 1 aliphatic heterocycles. The molecule has 1 N–H and O–H groups in total. The molecule has 4 nitrogen and oxygen atoms in total. The quantitative estimate of drug-likeness (QED) is 0.779. The number of carbonyl (C=O) groups is 1. The highest BCUT2D eigenvalue weighted by Gasteiger charge is 2.34. The number of halogens is 3. The van der Waals surface area contributed by atoms with E-state index in [1.807, 2.05) is 37.3 Å². The number of aryl methyl sites for hydroxylation is 1. The predicted octanol–water partition coefficient (Wildman–Crippen LogP) is 5.00. The first-order chi connectivity index (χ1) is 13.3. The van der Waals surface area contributed by atoms with Crippen molar-refractivity contribution < 1.29 is 22.7 Å². The monoisotopic (exact) mass is 392 g/mol. The van der Waals surface area contributed by atoms with Gasteiger partial charge in [0.15, 0.2) is 5.75 Å². The van der Waals surface area contributed by atoms with E-state index in [-0.39, 0.29) is 24.9 Å². The first kappa shape index (κ1) is 20.2. The third kappa shape index (κ3) is 5.73. The van der Waals surface area contributed by atoms with Gasteiger partial charge in [-0.05, 0) is 62.7 Å². The van der Waals surface area contributed by atoms with Crippen molar-refractivity contribution in [2.24, 2.45) is 5.92 Å². The highest BCUT2D eigenvalue weighted by atomic mass is 19.4. The maximum atomic E-state index is 12.6. The number of carbonyl (C=O) groups excluding carboxylic acids is 1. The van der Waals surface area contributed by atoms with Crippen LogP contribution in [0.3, 0.4) is 0 Å². The maximum Gasteiger partial charge on any atom is 0.401 e. The summed E-state index contributed by atoms with van der Waals surface area (Å²) < 4.78 is 43.4. The third-order valence-corrected chi connectivity index (χ3v) is 4.72. The molecule has 3 rings (SSSR count). The molecule has 0 unspecified atom stereocenters. The molecule has 28 heavy (non-hydrogen) atoms. The van der Waals surface area contributed by atoms with E-state index in [0.717, 1.165) is 5.56 Å². The van der Waals surface area contributed by atoms with Crippen LogP contribution >= 0.6 is 0 Å². The van der Waals surface area contributed by atoms with Gasteiger partial charge in [0, 0.05) is 5.92 Å². The fourth-order valence-corrected chi connectivity index (χ4v) is 3.31. The van der Waals surface area contributed by atoms with Gasteiger partial charge < -0.3 is 10.1 Å². The molecule has 1 amide bonds. The lowest BCUT2D eigenvalue weighted by Crippen LogP contribution is -2.42. The van der Waals surface area contributed by atoms with Gasteiger partial charge in [-0.2, -0.15) is 13.2 Å². The number of ether oxygens (including phenoxy) is 1. The van der Waals surface area contributed by atoms with Gasteiger partial charge in [0.2, 0.25) is 5.91 Å². The molecule has 0 atom stereocenters. The van der Waals surface area contributed by atoms with Crippen molar-refractivity contribution in [1.82, 2.24) is 4.90 Å². The molecule has 0 spiro atoms. The minimum Gasteiger partial charge on any atom is -0.455 e. The molecule has 1 heterocycles. The van der Waals surface area contributed by atoms with Crippen molar-refractivity contribution in [2.75, 3.05) is 25.0 Å². The Morgan fingerprint density at radius 3 is 2.54 bits per heavy atom. The summed E-state index contributed by atoms with van der Waals surface area (Å²) in [5.41, 5.74) is 1.61. The SMILES string of the molecule is Cc1cccc(Oc2ccccc2NC(=O)C2CCN(CC(F)(F)F)CC2)c1. The number of anilines is 1. The molecule has 0 radical (unpaired) electrons. The van der Waals surface area contributed by atoms with Crippen molar-refractivity contribution in [3.05, 3.63) is 54.1 Å². The molecule has 1 aliphatic rings. The van der Waals surface area contributed by atoms with Gasteiger partial charge in [-0.25, -0.2) is 0 Å². The predicted molar refractivity (Wildman–Crippen MR) is 102 cm³/mol. The van der Waals surface area contributed by atoms with Gasteiger partial charge in [-0.1, -0.05) is 24.3 Å². The fraction of sp³-hybridized carbons (Fsp3) is 0.381. The largest absolute Gasteiger partial charge is 0.455 e. The van der Waals surface area contributed by atoms with Gasteiger partial charge in [0.25, 0.3) is 0 Å². The van der Waals surface area contributed by atoms with Crippen molar-refractivity contribution in [3.8, 4) is 11.5 Å². The van der Waals surface area contributed by atoms with Crippen LogP contribution < -0.4 is 10.1 Å². The van der Waals surface area contributed by atoms with Gasteiger partial charge >= 0.3 is 6.18 Å². The second kappa shape index (κ2) is 8.65. The minimum atomic E-state index is -4.21. The summed E-state index contributed by atoms with van der Waals surface area (Å²) >= 11 is 0. The van der Waals surface area contributed by atoms with Crippen LogP contribution in [0.15, 0.2) is 48.5 Å². The summed E-state index contributed by atoms with van der Waals surface area (Å²) in [6.45, 7) is 1.57. The number of nitrogens with one attached hydrogen (secondary N) is 1. The van der Waals surface area contributed by atoms with E-state index in [1.165, 1.54) is 4.90 Å². The standard InChI is InChI=1S/C21H23F3N2O2/c1-15-5-4-6-17(13-15)28-19-8-3-2-7-18(19)25-20(27)16-9-11-26(12-10-16)14-21(22,23)24/h2-8,13,16H,9-12,14H2,1H3,(H,25,27). The summed E-state index contributed by atoms with van der Waals surface area (Å²) in [6, 6.07) is 14.7. The Morgan fingerprint density at radius 1 is 1.14 bits per heavy atom. The molecular weight excluding hydrogens is 369 g/mol. The number of hydrogen-bond donors (Lipinski definition) is 1. The number of likely N-dealkylation sites (tertiary alicyclic amines) is 1. The second-order valence-corrected chi connectivity index (χ2v) is 7.07. The zero-order valence-electron chi connectivity index (χ0n) is 15.6. The summed E-state index contributed by atoms with van der Waals surface area (Å²) in [5, 5.41) is 2.87. The molecule has 150 valence electrons. The van der Waals surface area contributed by atoms with E-state index in [4.69, 9.17) is 4.74 Å². The average Bonchev–Trinajstić information content (AvgIpc) is 2.62. The van der Waals surface area contributed by atoms with Crippen LogP contribution in [0.1, 0.15) is 18.4 Å². The number of benzene rings is 2. The fourth-order valence-electron chi connectivity index (χ4n) is 3.31. The zero-order chi connectivity index (χ0) is 20.1. The van der Waals surface area contributed by atoms with Gasteiger partial charge in [-0.3, -0.25) is 9.69 Å².